The molecule has 0 aliphatic carbocycles. The molecule has 0 amide bonds. The Morgan fingerprint density at radius 2 is 1.85 bits per heavy atom. The van der Waals surface area contributed by atoms with Crippen LogP contribution in [0, 0.1) is 6.92 Å². The Hall–Kier alpha value is -0.820. The zero-order chi connectivity index (χ0) is 9.68. The number of unbranched alkanes of at least 4 members (excludes halogenated alkanes) is 1. The van der Waals surface area contributed by atoms with Crippen molar-refractivity contribution in [3.05, 3.63) is 35.4 Å². The van der Waals surface area contributed by atoms with Crippen LogP contribution >= 0.6 is 0 Å². The summed E-state index contributed by atoms with van der Waals surface area (Å²) in [7, 11) is 0. The lowest BCUT2D eigenvalue weighted by Gasteiger charge is -2.11. The molecule has 0 saturated heterocycles. The molecule has 1 rings (SSSR count). The highest BCUT2D eigenvalue weighted by atomic mass is 14.6. The van der Waals surface area contributed by atoms with Crippen molar-refractivity contribution in [3.8, 4) is 0 Å². The number of hydrogen-bond donors (Lipinski definition) is 1. The van der Waals surface area contributed by atoms with Crippen LogP contribution in [0.3, 0.4) is 0 Å². The van der Waals surface area contributed by atoms with E-state index in [1.54, 1.807) is 0 Å². The SMILES string of the molecule is CCCC[C@@H](N)c1ccc(C)cc1. The first-order chi connectivity index (χ1) is 6.24. The first-order valence-corrected chi connectivity index (χ1v) is 5.06. The Labute approximate surface area is 81.0 Å². The van der Waals surface area contributed by atoms with Gasteiger partial charge in [0.15, 0.2) is 0 Å². The van der Waals surface area contributed by atoms with Gasteiger partial charge >= 0.3 is 0 Å². The predicted molar refractivity (Wildman–Crippen MR) is 57.6 cm³/mol. The molecule has 0 heterocycles. The lowest BCUT2D eigenvalue weighted by Crippen LogP contribution is -2.09. The van der Waals surface area contributed by atoms with Gasteiger partial charge in [-0.15, -0.1) is 0 Å². The monoisotopic (exact) mass is 177 g/mol. The highest BCUT2D eigenvalue weighted by Gasteiger charge is 2.03. The highest BCUT2D eigenvalue weighted by molar-refractivity contribution is 5.23. The van der Waals surface area contributed by atoms with Crippen molar-refractivity contribution in [2.75, 3.05) is 0 Å². The molecule has 0 bridgehead atoms. The summed E-state index contributed by atoms with van der Waals surface area (Å²) in [5.41, 5.74) is 8.59. The van der Waals surface area contributed by atoms with Crippen molar-refractivity contribution in [1.29, 1.82) is 0 Å². The van der Waals surface area contributed by atoms with Crippen molar-refractivity contribution in [3.63, 3.8) is 0 Å². The van der Waals surface area contributed by atoms with Gasteiger partial charge in [-0.05, 0) is 18.9 Å². The molecular weight excluding hydrogens is 158 g/mol. The Morgan fingerprint density at radius 3 is 2.38 bits per heavy atom. The summed E-state index contributed by atoms with van der Waals surface area (Å²) < 4.78 is 0. The third kappa shape index (κ3) is 3.19. The molecule has 0 spiro atoms. The molecule has 0 saturated carbocycles. The van der Waals surface area contributed by atoms with Gasteiger partial charge in [0.2, 0.25) is 0 Å². The third-order valence-corrected chi connectivity index (χ3v) is 2.37. The molecule has 1 aromatic carbocycles. The van der Waals surface area contributed by atoms with Crippen LogP contribution in [-0.2, 0) is 0 Å². The van der Waals surface area contributed by atoms with E-state index in [0.29, 0.717) is 0 Å². The summed E-state index contributed by atoms with van der Waals surface area (Å²) in [6.45, 7) is 4.29. The van der Waals surface area contributed by atoms with Crippen LogP contribution in [0.5, 0.6) is 0 Å². The summed E-state index contributed by atoms with van der Waals surface area (Å²) >= 11 is 0. The van der Waals surface area contributed by atoms with Crippen molar-refractivity contribution < 1.29 is 0 Å². The van der Waals surface area contributed by atoms with E-state index in [0.717, 1.165) is 6.42 Å². The van der Waals surface area contributed by atoms with Crippen molar-refractivity contribution in [2.45, 2.75) is 39.2 Å². The molecule has 1 nitrogen and oxygen atoms in total. The van der Waals surface area contributed by atoms with Crippen LogP contribution in [0.4, 0.5) is 0 Å². The van der Waals surface area contributed by atoms with Crippen LogP contribution < -0.4 is 5.73 Å². The zero-order valence-corrected chi connectivity index (χ0v) is 8.59. The van der Waals surface area contributed by atoms with E-state index in [1.165, 1.54) is 24.0 Å². The van der Waals surface area contributed by atoms with Crippen LogP contribution in [0.1, 0.15) is 43.4 Å². The Kier molecular flexibility index (Phi) is 3.97. The maximum absolute atomic E-state index is 6.03. The van der Waals surface area contributed by atoms with Gasteiger partial charge in [0, 0.05) is 6.04 Å². The summed E-state index contributed by atoms with van der Waals surface area (Å²) in [6, 6.07) is 8.74. The average Bonchev–Trinajstić information content (AvgIpc) is 2.15. The Morgan fingerprint density at radius 1 is 1.23 bits per heavy atom. The van der Waals surface area contributed by atoms with E-state index in [1.807, 2.05) is 0 Å². The fourth-order valence-corrected chi connectivity index (χ4v) is 1.40. The average molecular weight is 177 g/mol. The molecule has 2 N–H and O–H groups in total. The molecule has 0 aliphatic heterocycles. The maximum atomic E-state index is 6.03. The topological polar surface area (TPSA) is 26.0 Å². The minimum absolute atomic E-state index is 0.223. The van der Waals surface area contributed by atoms with Gasteiger partial charge in [0.1, 0.15) is 0 Å². The lowest BCUT2D eigenvalue weighted by molar-refractivity contribution is 0.603. The molecule has 0 fully saturated rings. The number of nitrogens with two attached hydrogens (primary N) is 1. The van der Waals surface area contributed by atoms with Crippen LogP contribution in [0.2, 0.25) is 0 Å². The van der Waals surface area contributed by atoms with Gasteiger partial charge in [0.05, 0.1) is 0 Å². The third-order valence-electron chi connectivity index (χ3n) is 2.37. The molecule has 1 heteroatoms. The van der Waals surface area contributed by atoms with Crippen molar-refractivity contribution in [1.82, 2.24) is 0 Å². The number of benzene rings is 1. The molecule has 13 heavy (non-hydrogen) atoms. The van der Waals surface area contributed by atoms with Crippen LogP contribution in [-0.4, -0.2) is 0 Å². The van der Waals surface area contributed by atoms with Gasteiger partial charge in [-0.25, -0.2) is 0 Å². The highest BCUT2D eigenvalue weighted by Crippen LogP contribution is 2.16. The number of hydrogen-bond acceptors (Lipinski definition) is 1. The molecule has 0 aliphatic rings. The first kappa shape index (κ1) is 10.3. The first-order valence-electron chi connectivity index (χ1n) is 5.06. The predicted octanol–water partition coefficient (Wildman–Crippen LogP) is 3.19. The minimum Gasteiger partial charge on any atom is -0.324 e. The molecule has 0 radical (unpaired) electrons. The maximum Gasteiger partial charge on any atom is 0.0294 e. The van der Waals surface area contributed by atoms with Gasteiger partial charge in [0.25, 0.3) is 0 Å². The van der Waals surface area contributed by atoms with E-state index < -0.39 is 0 Å². The Bertz CT molecular complexity index is 238. The van der Waals surface area contributed by atoms with E-state index in [4.69, 9.17) is 5.73 Å². The normalized spacial score (nSPS) is 12.8. The molecule has 0 unspecified atom stereocenters. The largest absolute Gasteiger partial charge is 0.324 e. The van der Waals surface area contributed by atoms with Crippen molar-refractivity contribution in [2.24, 2.45) is 5.73 Å². The van der Waals surface area contributed by atoms with Gasteiger partial charge in [-0.3, -0.25) is 0 Å². The van der Waals surface area contributed by atoms with Crippen LogP contribution in [0.15, 0.2) is 24.3 Å². The number of rotatable bonds is 4. The molecular formula is C12H19N. The van der Waals surface area contributed by atoms with Gasteiger partial charge in [-0.1, -0.05) is 49.6 Å². The van der Waals surface area contributed by atoms with E-state index in [2.05, 4.69) is 38.1 Å². The number of aryl methyl sites for hydroxylation is 1. The van der Waals surface area contributed by atoms with Gasteiger partial charge in [-0.2, -0.15) is 0 Å². The van der Waals surface area contributed by atoms with E-state index in [-0.39, 0.29) is 6.04 Å². The quantitative estimate of drug-likeness (QED) is 0.751. The summed E-state index contributed by atoms with van der Waals surface area (Å²) in [6.07, 6.45) is 3.54. The fourth-order valence-electron chi connectivity index (χ4n) is 1.40. The molecule has 1 aromatic rings. The molecule has 1 atom stereocenters. The lowest BCUT2D eigenvalue weighted by atomic mass is 10.0. The second kappa shape index (κ2) is 5.03. The zero-order valence-electron chi connectivity index (χ0n) is 8.59. The standard InChI is InChI=1S/C12H19N/c1-3-4-5-12(13)11-8-6-10(2)7-9-11/h6-9,12H,3-5,13H2,1-2H3/t12-/m1/s1. The summed E-state index contributed by atoms with van der Waals surface area (Å²) in [5, 5.41) is 0. The minimum atomic E-state index is 0.223. The fraction of sp³-hybridized carbons (Fsp3) is 0.500. The summed E-state index contributed by atoms with van der Waals surface area (Å²) in [4.78, 5) is 0. The van der Waals surface area contributed by atoms with E-state index in [9.17, 15) is 0 Å². The Balaban J connectivity index is 2.55. The molecule has 0 aromatic heterocycles. The smallest absolute Gasteiger partial charge is 0.0294 e. The van der Waals surface area contributed by atoms with E-state index >= 15 is 0 Å². The molecule has 72 valence electrons. The van der Waals surface area contributed by atoms with Crippen molar-refractivity contribution >= 4 is 0 Å². The van der Waals surface area contributed by atoms with Gasteiger partial charge < -0.3 is 5.73 Å². The van der Waals surface area contributed by atoms with Crippen LogP contribution in [0.25, 0.3) is 0 Å². The summed E-state index contributed by atoms with van der Waals surface area (Å²) in [5.74, 6) is 0. The second-order valence-electron chi connectivity index (χ2n) is 3.66. The second-order valence-corrected chi connectivity index (χ2v) is 3.66.